The molecule has 360 valence electrons. The first kappa shape index (κ1) is 44.8. The Hall–Kier alpha value is -7.13. The number of rotatable bonds is 9. The number of phenols is 1. The number of phenolic OH excluding ortho intramolecular Hbond substituents is 1. The monoisotopic (exact) mass is 1120 g/mol. The molecule has 0 unspecified atom stereocenters. The van der Waals surface area contributed by atoms with E-state index in [0.717, 1.165) is 104 Å². The van der Waals surface area contributed by atoms with E-state index in [2.05, 4.69) is 154 Å². The minimum absolute atomic E-state index is 0. The number of hydrogen-bond acceptors (Lipinski definition) is 3. The van der Waals surface area contributed by atoms with Gasteiger partial charge < -0.3 is 5.11 Å². The molecule has 2 aromatic heterocycles. The van der Waals surface area contributed by atoms with Gasteiger partial charge in [0.1, 0.15) is 11.6 Å². The maximum Gasteiger partial charge on any atom is 0.148 e. The van der Waals surface area contributed by atoms with Crippen molar-refractivity contribution in [3.05, 3.63) is 229 Å². The molecule has 0 atom stereocenters. The molecule has 1 N–H and O–H groups in total. The van der Waals surface area contributed by atoms with Gasteiger partial charge in [-0.3, -0.25) is 9.55 Å². The van der Waals surface area contributed by atoms with Crippen LogP contribution < -0.4 is 0 Å². The van der Waals surface area contributed by atoms with Crippen LogP contribution in [0, 0.1) is 12.9 Å². The van der Waals surface area contributed by atoms with Gasteiger partial charge in [0.15, 0.2) is 0 Å². The van der Waals surface area contributed by atoms with Crippen molar-refractivity contribution in [1.29, 1.82) is 0 Å². The van der Waals surface area contributed by atoms with Crippen LogP contribution in [0.15, 0.2) is 200 Å². The fourth-order valence-corrected chi connectivity index (χ4v) is 10.7. The zero-order chi connectivity index (χ0) is 51.4. The molecule has 0 radical (unpaired) electrons. The molecular weight excluding hydrogens is 1060 g/mol. The molecule has 1 fully saturated rings. The third-order valence-electron chi connectivity index (χ3n) is 15.3. The van der Waals surface area contributed by atoms with E-state index in [1.165, 1.54) is 11.1 Å². The molecular formula is C67H60N3OPt-. The van der Waals surface area contributed by atoms with Gasteiger partial charge >= 0.3 is 0 Å². The van der Waals surface area contributed by atoms with E-state index < -0.39 is 6.85 Å². The van der Waals surface area contributed by atoms with Crippen molar-refractivity contribution in [1.82, 2.24) is 14.5 Å². The van der Waals surface area contributed by atoms with Crippen LogP contribution in [0.5, 0.6) is 5.75 Å². The van der Waals surface area contributed by atoms with E-state index in [1.54, 1.807) is 18.3 Å². The smallest absolute Gasteiger partial charge is 0.148 e. The minimum Gasteiger partial charge on any atom is -0.507 e. The summed E-state index contributed by atoms with van der Waals surface area (Å²) in [6.45, 7) is 9.32. The van der Waals surface area contributed by atoms with E-state index >= 15 is 0 Å². The second kappa shape index (κ2) is 19.5. The van der Waals surface area contributed by atoms with Crippen LogP contribution in [0.2, 0.25) is 0 Å². The zero-order valence-electron chi connectivity index (χ0n) is 44.5. The van der Waals surface area contributed by atoms with Crippen LogP contribution in [-0.4, -0.2) is 19.6 Å². The number of aromatic nitrogens is 3. The predicted octanol–water partition coefficient (Wildman–Crippen LogP) is 17.3. The molecule has 0 aliphatic heterocycles. The fraction of sp³-hybridized carbons (Fsp3) is 0.194. The van der Waals surface area contributed by atoms with Crippen molar-refractivity contribution in [2.75, 3.05) is 0 Å². The van der Waals surface area contributed by atoms with E-state index in [9.17, 15) is 5.11 Å². The average molecular weight is 1120 g/mol. The Labute approximate surface area is 444 Å². The molecule has 0 amide bonds. The molecule has 11 rings (SSSR count). The van der Waals surface area contributed by atoms with Crippen LogP contribution >= 0.6 is 0 Å². The first-order valence-electron chi connectivity index (χ1n) is 26.4. The van der Waals surface area contributed by atoms with Gasteiger partial charge in [-0.2, -0.15) is 0 Å². The predicted molar refractivity (Wildman–Crippen MR) is 295 cm³/mol. The number of nitrogens with zero attached hydrogens (tertiary/aromatic N) is 3. The Morgan fingerprint density at radius 3 is 1.78 bits per heavy atom. The Kier molecular flexibility index (Phi) is 12.1. The van der Waals surface area contributed by atoms with Crippen LogP contribution in [0.3, 0.4) is 0 Å². The first-order chi connectivity index (χ1) is 35.5. The Morgan fingerprint density at radius 1 is 0.556 bits per heavy atom. The van der Waals surface area contributed by atoms with Crippen LogP contribution in [0.1, 0.15) is 86.7 Å². The van der Waals surface area contributed by atoms with Crippen LogP contribution in [-0.2, 0) is 37.3 Å². The fourth-order valence-electron chi connectivity index (χ4n) is 10.7. The van der Waals surface area contributed by atoms with Gasteiger partial charge in [0, 0.05) is 48.3 Å². The molecule has 0 saturated heterocycles. The first-order valence-corrected chi connectivity index (χ1v) is 24.9. The molecule has 8 aromatic carbocycles. The summed E-state index contributed by atoms with van der Waals surface area (Å²) in [5.41, 5.74) is 16.2. The van der Waals surface area contributed by atoms with E-state index in [4.69, 9.17) is 14.1 Å². The summed E-state index contributed by atoms with van der Waals surface area (Å²) in [4.78, 5) is 10.5. The topological polar surface area (TPSA) is 50.9 Å². The summed E-state index contributed by atoms with van der Waals surface area (Å²) < 4.78 is 25.9. The van der Waals surface area contributed by atoms with Crippen molar-refractivity contribution in [3.8, 4) is 78.6 Å². The Morgan fingerprint density at radius 2 is 1.14 bits per heavy atom. The number of fused-ring (bicyclic) bond motifs is 1. The van der Waals surface area contributed by atoms with Gasteiger partial charge in [-0.05, 0) is 124 Å². The summed E-state index contributed by atoms with van der Waals surface area (Å²) >= 11 is 0. The quantitative estimate of drug-likeness (QED) is 0.147. The maximum atomic E-state index is 12.7. The normalized spacial score (nSPS) is 17.7. The van der Waals surface area contributed by atoms with Crippen molar-refractivity contribution in [2.24, 2.45) is 0 Å². The van der Waals surface area contributed by atoms with Crippen molar-refractivity contribution < 1.29 is 30.3 Å². The van der Waals surface area contributed by atoms with Crippen molar-refractivity contribution in [3.63, 3.8) is 0 Å². The number of hydrogen-bond donors (Lipinski definition) is 1. The molecule has 72 heavy (non-hydrogen) atoms. The number of imidazole rings is 1. The van der Waals surface area contributed by atoms with Gasteiger partial charge in [0.2, 0.25) is 0 Å². The Bertz CT molecular complexity index is 3650. The molecule has 1 saturated carbocycles. The molecule has 2 heterocycles. The summed E-state index contributed by atoms with van der Waals surface area (Å²) in [7, 11) is 0. The summed E-state index contributed by atoms with van der Waals surface area (Å²) in [6.07, 6.45) is 6.22. The molecule has 4 nitrogen and oxygen atoms in total. The number of para-hydroxylation sites is 1. The summed E-state index contributed by atoms with van der Waals surface area (Å²) in [5.74, 6) is 0.783. The van der Waals surface area contributed by atoms with Gasteiger partial charge in [-0.1, -0.05) is 197 Å². The van der Waals surface area contributed by atoms with E-state index in [0.29, 0.717) is 17.0 Å². The van der Waals surface area contributed by atoms with Gasteiger partial charge in [0.05, 0.1) is 16.6 Å². The largest absolute Gasteiger partial charge is 0.507 e. The second-order valence-electron chi connectivity index (χ2n) is 21.1. The second-order valence-corrected chi connectivity index (χ2v) is 21.1. The molecule has 10 aromatic rings. The summed E-state index contributed by atoms with van der Waals surface area (Å²) in [6, 6.07) is 70.3. The standard InChI is InChI=1S/C67H60N3O.Pt/c1-45-25-27-47(28-26-45)49-33-38-68-60(44-49)52-39-51(40-55(41-52)65(2,3)4)57-23-16-24-61-62(57)69-64(59-43-50(46-17-10-7-11-18-46)42-58(63(59)71)48-19-12-8-13-20-48)70(61)56-31-29-54(30-32-56)67(6)36-34-66(5,35-37-67)53-21-14-9-15-22-53;/h7-33,38,40-44,71H,34-37H2,1-6H3;/q-1;/i1D3;. The van der Waals surface area contributed by atoms with Crippen molar-refractivity contribution >= 4 is 11.0 Å². The zero-order valence-corrected chi connectivity index (χ0v) is 43.8. The number of benzene rings is 8. The third kappa shape index (κ3) is 9.30. The molecule has 5 heteroatoms. The van der Waals surface area contributed by atoms with E-state index in [1.807, 2.05) is 72.8 Å². The van der Waals surface area contributed by atoms with Gasteiger partial charge in [-0.25, -0.2) is 4.98 Å². The van der Waals surface area contributed by atoms with Crippen LogP contribution in [0.4, 0.5) is 0 Å². The Balaban J connectivity index is 0.00000641. The summed E-state index contributed by atoms with van der Waals surface area (Å²) in [5, 5.41) is 12.7. The SMILES string of the molecule is [2H]C([2H])([2H])c1ccc(-c2ccnc(-c3[c-]c(-c4cccc5c4nc(-c4cc(-c6ccccc6)cc(-c6ccccc6)c4O)n5-c4ccc(C5(C)CCC(C)(c6ccccc6)CC5)cc4)cc(C(C)(C)C)c3)c2)cc1.[Pt]. The maximum absolute atomic E-state index is 12.7. The third-order valence-corrected chi connectivity index (χ3v) is 15.3. The van der Waals surface area contributed by atoms with E-state index in [-0.39, 0.29) is 43.1 Å². The number of aryl methyl sites for hydroxylation is 1. The molecule has 0 bridgehead atoms. The minimum atomic E-state index is -2.18. The number of pyridine rings is 1. The van der Waals surface area contributed by atoms with Crippen molar-refractivity contribution in [2.45, 2.75) is 83.4 Å². The molecule has 1 aliphatic rings. The average Bonchev–Trinajstić information content (AvgIpc) is 3.82. The molecule has 1 aliphatic carbocycles. The molecule has 0 spiro atoms. The van der Waals surface area contributed by atoms with Crippen LogP contribution in [0.25, 0.3) is 83.9 Å². The van der Waals surface area contributed by atoms with Gasteiger partial charge in [-0.15, -0.1) is 29.3 Å². The number of aromatic hydroxyl groups is 1. The van der Waals surface area contributed by atoms with Gasteiger partial charge in [0.25, 0.3) is 0 Å².